The molecule has 0 aromatic heterocycles. The van der Waals surface area contributed by atoms with Gasteiger partial charge in [-0.15, -0.1) is 0 Å². The molecule has 1 aliphatic carbocycles. The van der Waals surface area contributed by atoms with E-state index in [0.717, 1.165) is 12.5 Å². The number of nitrogens with zero attached hydrogens (tertiary/aromatic N) is 1. The van der Waals surface area contributed by atoms with Crippen LogP contribution in [0.15, 0.2) is 0 Å². The number of alkyl carbamates (subject to hydrolysis) is 1. The van der Waals surface area contributed by atoms with Crippen molar-refractivity contribution in [1.82, 2.24) is 10.2 Å². The number of hydrogen-bond donors (Lipinski definition) is 2. The highest BCUT2D eigenvalue weighted by Gasteiger charge is 2.26. The van der Waals surface area contributed by atoms with Crippen molar-refractivity contribution >= 4 is 6.09 Å². The minimum absolute atomic E-state index is 0.0339. The summed E-state index contributed by atoms with van der Waals surface area (Å²) in [5.74, 6) is 0.765. The van der Waals surface area contributed by atoms with Crippen LogP contribution in [0.25, 0.3) is 0 Å². The maximum absolute atomic E-state index is 11.9. The lowest BCUT2D eigenvalue weighted by Crippen LogP contribution is -2.54. The molecule has 130 valence electrons. The summed E-state index contributed by atoms with van der Waals surface area (Å²) in [6, 6.07) is 0.0999. The van der Waals surface area contributed by atoms with Gasteiger partial charge in [0.05, 0.1) is 0 Å². The third-order valence-corrected chi connectivity index (χ3v) is 4.40. The van der Waals surface area contributed by atoms with Gasteiger partial charge in [0.1, 0.15) is 5.60 Å². The van der Waals surface area contributed by atoms with Crippen molar-refractivity contribution in [3.63, 3.8) is 0 Å². The quantitative estimate of drug-likeness (QED) is 0.791. The van der Waals surface area contributed by atoms with Crippen molar-refractivity contribution in [2.45, 2.75) is 77.5 Å². The van der Waals surface area contributed by atoms with E-state index in [0.29, 0.717) is 6.54 Å². The standard InChI is InChI=1S/C17H35N3O2/c1-13(19-16(21)22-17(2,3)4)15(11-18)20(5)12-14-9-7-6-8-10-14/h13-15H,6-12,18H2,1-5H3,(H,19,21). The minimum Gasteiger partial charge on any atom is -0.444 e. The zero-order valence-corrected chi connectivity index (χ0v) is 15.0. The molecule has 1 saturated carbocycles. The summed E-state index contributed by atoms with van der Waals surface area (Å²) >= 11 is 0. The molecule has 2 unspecified atom stereocenters. The predicted molar refractivity (Wildman–Crippen MR) is 90.9 cm³/mol. The lowest BCUT2D eigenvalue weighted by atomic mass is 9.88. The van der Waals surface area contributed by atoms with Crippen LogP contribution in [0.4, 0.5) is 4.79 Å². The van der Waals surface area contributed by atoms with Crippen molar-refractivity contribution < 1.29 is 9.53 Å². The van der Waals surface area contributed by atoms with Crippen LogP contribution < -0.4 is 11.1 Å². The van der Waals surface area contributed by atoms with Crippen LogP contribution in [0.2, 0.25) is 0 Å². The molecule has 3 N–H and O–H groups in total. The van der Waals surface area contributed by atoms with Gasteiger partial charge in [-0.25, -0.2) is 4.79 Å². The molecule has 5 heteroatoms. The Bertz CT molecular complexity index is 335. The highest BCUT2D eigenvalue weighted by molar-refractivity contribution is 5.68. The smallest absolute Gasteiger partial charge is 0.407 e. The zero-order chi connectivity index (χ0) is 16.8. The molecular formula is C17H35N3O2. The monoisotopic (exact) mass is 313 g/mol. The summed E-state index contributed by atoms with van der Waals surface area (Å²) < 4.78 is 5.32. The largest absolute Gasteiger partial charge is 0.444 e. The number of hydrogen-bond acceptors (Lipinski definition) is 4. The van der Waals surface area contributed by atoms with E-state index in [1.807, 2.05) is 27.7 Å². The summed E-state index contributed by atoms with van der Waals surface area (Å²) in [5, 5.41) is 2.92. The Labute approximate surface area is 135 Å². The summed E-state index contributed by atoms with van der Waals surface area (Å²) in [7, 11) is 2.11. The van der Waals surface area contributed by atoms with Crippen LogP contribution in [0.1, 0.15) is 59.8 Å². The van der Waals surface area contributed by atoms with Crippen LogP contribution in [0.3, 0.4) is 0 Å². The summed E-state index contributed by atoms with van der Waals surface area (Å²) in [4.78, 5) is 14.2. The van der Waals surface area contributed by atoms with Crippen LogP contribution in [0.5, 0.6) is 0 Å². The van der Waals surface area contributed by atoms with Crippen LogP contribution >= 0.6 is 0 Å². The molecule has 2 atom stereocenters. The van der Waals surface area contributed by atoms with E-state index < -0.39 is 5.60 Å². The van der Waals surface area contributed by atoms with Gasteiger partial charge in [0.2, 0.25) is 0 Å². The number of amides is 1. The SMILES string of the molecule is CC(NC(=O)OC(C)(C)C)C(CN)N(C)CC1CCCCC1. The van der Waals surface area contributed by atoms with Gasteiger partial charge in [0.15, 0.2) is 0 Å². The summed E-state index contributed by atoms with van der Waals surface area (Å²) in [6.45, 7) is 9.19. The molecule has 5 nitrogen and oxygen atoms in total. The Morgan fingerprint density at radius 3 is 2.41 bits per heavy atom. The second-order valence-electron chi connectivity index (χ2n) is 7.68. The van der Waals surface area contributed by atoms with E-state index >= 15 is 0 Å². The number of nitrogens with two attached hydrogens (primary N) is 1. The van der Waals surface area contributed by atoms with Gasteiger partial charge in [-0.3, -0.25) is 4.90 Å². The average molecular weight is 313 g/mol. The van der Waals surface area contributed by atoms with Crippen LogP contribution in [0, 0.1) is 5.92 Å². The topological polar surface area (TPSA) is 67.6 Å². The molecule has 0 aromatic rings. The fraction of sp³-hybridized carbons (Fsp3) is 0.941. The lowest BCUT2D eigenvalue weighted by molar-refractivity contribution is 0.0472. The maximum Gasteiger partial charge on any atom is 0.407 e. The van der Waals surface area contributed by atoms with E-state index in [2.05, 4.69) is 17.3 Å². The first-order valence-corrected chi connectivity index (χ1v) is 8.62. The Kier molecular flexibility index (Phi) is 7.63. The molecule has 0 heterocycles. The van der Waals surface area contributed by atoms with Gasteiger partial charge in [-0.2, -0.15) is 0 Å². The number of carbonyl (C=O) groups is 1. The first-order valence-electron chi connectivity index (χ1n) is 8.62. The number of likely N-dealkylation sites (N-methyl/N-ethyl adjacent to an activating group) is 1. The van der Waals surface area contributed by atoms with Crippen molar-refractivity contribution in [2.75, 3.05) is 20.1 Å². The Morgan fingerprint density at radius 1 is 1.32 bits per heavy atom. The van der Waals surface area contributed by atoms with E-state index in [1.54, 1.807) is 0 Å². The van der Waals surface area contributed by atoms with Gasteiger partial charge in [0.25, 0.3) is 0 Å². The maximum atomic E-state index is 11.9. The van der Waals surface area contributed by atoms with Gasteiger partial charge in [0, 0.05) is 25.2 Å². The first kappa shape index (κ1) is 19.2. The van der Waals surface area contributed by atoms with Crippen molar-refractivity contribution in [2.24, 2.45) is 11.7 Å². The normalized spacial score (nSPS) is 19.8. The fourth-order valence-corrected chi connectivity index (χ4v) is 3.27. The van der Waals surface area contributed by atoms with Crippen molar-refractivity contribution in [3.05, 3.63) is 0 Å². The number of carbonyl (C=O) groups excluding carboxylic acids is 1. The molecule has 0 bridgehead atoms. The zero-order valence-electron chi connectivity index (χ0n) is 15.0. The van der Waals surface area contributed by atoms with E-state index in [4.69, 9.17) is 10.5 Å². The van der Waals surface area contributed by atoms with Gasteiger partial charge >= 0.3 is 6.09 Å². The third-order valence-electron chi connectivity index (χ3n) is 4.40. The Morgan fingerprint density at radius 2 is 1.91 bits per heavy atom. The van der Waals surface area contributed by atoms with Crippen molar-refractivity contribution in [3.8, 4) is 0 Å². The fourth-order valence-electron chi connectivity index (χ4n) is 3.27. The molecule has 1 aliphatic rings. The number of rotatable bonds is 6. The second-order valence-corrected chi connectivity index (χ2v) is 7.68. The predicted octanol–water partition coefficient (Wildman–Crippen LogP) is 2.74. The molecule has 1 amide bonds. The minimum atomic E-state index is -0.476. The third kappa shape index (κ3) is 6.97. The number of ether oxygens (including phenoxy) is 1. The molecule has 0 radical (unpaired) electrons. The highest BCUT2D eigenvalue weighted by Crippen LogP contribution is 2.24. The van der Waals surface area contributed by atoms with Crippen LogP contribution in [-0.4, -0.2) is 48.8 Å². The Balaban J connectivity index is 2.48. The average Bonchev–Trinajstić information content (AvgIpc) is 2.38. The van der Waals surface area contributed by atoms with Crippen molar-refractivity contribution in [1.29, 1.82) is 0 Å². The summed E-state index contributed by atoms with van der Waals surface area (Å²) in [6.07, 6.45) is 6.32. The molecule has 0 aliphatic heterocycles. The van der Waals surface area contributed by atoms with Gasteiger partial charge in [-0.05, 0) is 53.5 Å². The molecule has 0 saturated heterocycles. The number of nitrogens with one attached hydrogen (secondary N) is 1. The molecule has 0 spiro atoms. The second kappa shape index (κ2) is 8.73. The lowest BCUT2D eigenvalue weighted by Gasteiger charge is -2.35. The molecule has 1 rings (SSSR count). The van der Waals surface area contributed by atoms with E-state index in [-0.39, 0.29) is 18.2 Å². The Hall–Kier alpha value is -0.810. The highest BCUT2D eigenvalue weighted by atomic mass is 16.6. The molecule has 1 fully saturated rings. The van der Waals surface area contributed by atoms with E-state index in [9.17, 15) is 4.79 Å². The molecular weight excluding hydrogens is 278 g/mol. The summed E-state index contributed by atoms with van der Waals surface area (Å²) in [5.41, 5.74) is 5.47. The molecule has 0 aromatic carbocycles. The first-order chi connectivity index (χ1) is 10.2. The molecule has 22 heavy (non-hydrogen) atoms. The van der Waals surface area contributed by atoms with Gasteiger partial charge in [-0.1, -0.05) is 19.3 Å². The van der Waals surface area contributed by atoms with E-state index in [1.165, 1.54) is 32.1 Å². The van der Waals surface area contributed by atoms with Crippen LogP contribution in [-0.2, 0) is 4.74 Å². The van der Waals surface area contributed by atoms with Gasteiger partial charge < -0.3 is 15.8 Å².